The lowest BCUT2D eigenvalue weighted by Crippen LogP contribution is -2.25. The van der Waals surface area contributed by atoms with E-state index in [4.69, 9.17) is 0 Å². The second kappa shape index (κ2) is 4.46. The van der Waals surface area contributed by atoms with E-state index >= 15 is 0 Å². The van der Waals surface area contributed by atoms with Crippen LogP contribution in [0.3, 0.4) is 0 Å². The van der Waals surface area contributed by atoms with Gasteiger partial charge < -0.3 is 5.32 Å². The van der Waals surface area contributed by atoms with Crippen molar-refractivity contribution in [1.82, 2.24) is 15.3 Å². The minimum absolute atomic E-state index is 0.230. The van der Waals surface area contributed by atoms with Crippen molar-refractivity contribution in [3.05, 3.63) is 47.2 Å². The van der Waals surface area contributed by atoms with Gasteiger partial charge in [0.05, 0.1) is 11.4 Å². The maximum atomic E-state index is 13.9. The van der Waals surface area contributed by atoms with Crippen LogP contribution in [0.4, 0.5) is 4.39 Å². The van der Waals surface area contributed by atoms with Crippen molar-refractivity contribution >= 4 is 0 Å². The van der Waals surface area contributed by atoms with Gasteiger partial charge >= 0.3 is 0 Å². The Bertz CT molecular complexity index is 596. The Balaban J connectivity index is 2.19. The fourth-order valence-electron chi connectivity index (χ4n) is 2.32. The number of aromatic nitrogens is 2. The summed E-state index contributed by atoms with van der Waals surface area (Å²) in [5.74, 6) is -0.230. The highest BCUT2D eigenvalue weighted by atomic mass is 19.1. The smallest absolute Gasteiger partial charge is 0.132 e. The summed E-state index contributed by atoms with van der Waals surface area (Å²) in [5.41, 5.74) is 4.36. The predicted molar refractivity (Wildman–Crippen MR) is 67.6 cm³/mol. The number of nitrogens with zero attached hydrogens (tertiary/aromatic N) is 2. The Kier molecular flexibility index (Phi) is 2.80. The zero-order valence-corrected chi connectivity index (χ0v) is 10.2. The first-order chi connectivity index (χ1) is 8.75. The zero-order chi connectivity index (χ0) is 12.5. The third kappa shape index (κ3) is 1.88. The molecular weight excluding hydrogens is 229 g/mol. The van der Waals surface area contributed by atoms with Crippen molar-refractivity contribution in [2.75, 3.05) is 6.54 Å². The Labute approximate surface area is 105 Å². The highest BCUT2D eigenvalue weighted by Gasteiger charge is 2.18. The maximum Gasteiger partial charge on any atom is 0.132 e. The summed E-state index contributed by atoms with van der Waals surface area (Å²) in [6.45, 7) is 3.58. The van der Waals surface area contributed by atoms with E-state index in [9.17, 15) is 4.39 Å². The number of nitrogens with one attached hydrogen (secondary N) is 1. The monoisotopic (exact) mass is 243 g/mol. The molecule has 1 aromatic heterocycles. The van der Waals surface area contributed by atoms with Gasteiger partial charge in [0, 0.05) is 30.6 Å². The molecule has 92 valence electrons. The molecule has 0 radical (unpaired) electrons. The summed E-state index contributed by atoms with van der Waals surface area (Å²) >= 11 is 0. The molecule has 0 saturated carbocycles. The molecule has 0 atom stereocenters. The summed E-state index contributed by atoms with van der Waals surface area (Å²) in [6.07, 6.45) is 2.40. The van der Waals surface area contributed by atoms with Crippen LogP contribution < -0.4 is 5.32 Å². The first-order valence-corrected chi connectivity index (χ1v) is 6.05. The summed E-state index contributed by atoms with van der Waals surface area (Å²) in [4.78, 5) is 8.56. The molecule has 0 bridgehead atoms. The van der Waals surface area contributed by atoms with Gasteiger partial charge in [-0.1, -0.05) is 11.6 Å². The van der Waals surface area contributed by atoms with Crippen LogP contribution in [0.5, 0.6) is 0 Å². The highest BCUT2D eigenvalue weighted by molar-refractivity contribution is 5.65. The highest BCUT2D eigenvalue weighted by Crippen LogP contribution is 2.27. The van der Waals surface area contributed by atoms with Crippen molar-refractivity contribution in [2.45, 2.75) is 19.9 Å². The molecule has 0 spiro atoms. The van der Waals surface area contributed by atoms with Crippen molar-refractivity contribution < 1.29 is 4.39 Å². The molecule has 2 aromatic rings. The number of fused-ring (bicyclic) bond motifs is 1. The molecule has 1 N–H and O–H groups in total. The van der Waals surface area contributed by atoms with Gasteiger partial charge in [0.25, 0.3) is 0 Å². The van der Waals surface area contributed by atoms with E-state index in [-0.39, 0.29) is 5.82 Å². The zero-order valence-electron chi connectivity index (χ0n) is 10.2. The van der Waals surface area contributed by atoms with E-state index in [2.05, 4.69) is 15.3 Å². The molecule has 0 aliphatic carbocycles. The topological polar surface area (TPSA) is 37.8 Å². The van der Waals surface area contributed by atoms with Crippen molar-refractivity contribution in [2.24, 2.45) is 0 Å². The molecule has 1 aromatic carbocycles. The summed E-state index contributed by atoms with van der Waals surface area (Å²) < 4.78 is 13.9. The minimum atomic E-state index is -0.230. The van der Waals surface area contributed by atoms with E-state index in [1.165, 1.54) is 12.4 Å². The number of rotatable bonds is 1. The number of halogens is 1. The average molecular weight is 243 g/mol. The SMILES string of the molecule is Cc1ccc(F)c(-c2ncnc3c2CNCC3)c1. The molecule has 0 saturated heterocycles. The lowest BCUT2D eigenvalue weighted by molar-refractivity contribution is 0.618. The first kappa shape index (κ1) is 11.3. The summed E-state index contributed by atoms with van der Waals surface area (Å²) in [7, 11) is 0. The first-order valence-electron chi connectivity index (χ1n) is 6.05. The van der Waals surface area contributed by atoms with Crippen LogP contribution in [-0.4, -0.2) is 16.5 Å². The van der Waals surface area contributed by atoms with Crippen molar-refractivity contribution in [1.29, 1.82) is 0 Å². The summed E-state index contributed by atoms with van der Waals surface area (Å²) in [5, 5.41) is 3.28. The lowest BCUT2D eigenvalue weighted by Gasteiger charge is -2.18. The van der Waals surface area contributed by atoms with Gasteiger partial charge in [-0.25, -0.2) is 14.4 Å². The fourth-order valence-corrected chi connectivity index (χ4v) is 2.32. The summed E-state index contributed by atoms with van der Waals surface area (Å²) in [6, 6.07) is 5.10. The average Bonchev–Trinajstić information content (AvgIpc) is 2.41. The van der Waals surface area contributed by atoms with Crippen LogP contribution in [0.2, 0.25) is 0 Å². The number of aryl methyl sites for hydroxylation is 1. The third-order valence-electron chi connectivity index (χ3n) is 3.25. The van der Waals surface area contributed by atoms with Crippen LogP contribution in [0.1, 0.15) is 16.8 Å². The second-order valence-electron chi connectivity index (χ2n) is 4.56. The molecule has 18 heavy (non-hydrogen) atoms. The van der Waals surface area contributed by atoms with Gasteiger partial charge in [0.1, 0.15) is 12.1 Å². The fraction of sp³-hybridized carbons (Fsp3) is 0.286. The van der Waals surface area contributed by atoms with Gasteiger partial charge in [0.2, 0.25) is 0 Å². The molecule has 1 aliphatic rings. The van der Waals surface area contributed by atoms with Gasteiger partial charge in [-0.15, -0.1) is 0 Å². The van der Waals surface area contributed by atoms with E-state index in [0.717, 1.165) is 29.8 Å². The van der Waals surface area contributed by atoms with Crippen LogP contribution in [0.15, 0.2) is 24.5 Å². The van der Waals surface area contributed by atoms with Crippen LogP contribution >= 0.6 is 0 Å². The minimum Gasteiger partial charge on any atom is -0.312 e. The van der Waals surface area contributed by atoms with Crippen LogP contribution in [0, 0.1) is 12.7 Å². The molecular formula is C14H14FN3. The molecule has 0 amide bonds. The van der Waals surface area contributed by atoms with E-state index in [1.54, 1.807) is 6.07 Å². The Hall–Kier alpha value is -1.81. The van der Waals surface area contributed by atoms with Crippen LogP contribution in [0.25, 0.3) is 11.3 Å². The lowest BCUT2D eigenvalue weighted by atomic mass is 9.99. The van der Waals surface area contributed by atoms with Gasteiger partial charge in [-0.3, -0.25) is 0 Å². The number of benzene rings is 1. The standard InChI is InChI=1S/C14H14FN3/c1-9-2-3-12(15)10(6-9)14-11-7-16-5-4-13(11)17-8-18-14/h2-3,6,8,16H,4-5,7H2,1H3. The van der Waals surface area contributed by atoms with Crippen molar-refractivity contribution in [3.8, 4) is 11.3 Å². The van der Waals surface area contributed by atoms with E-state index in [0.29, 0.717) is 17.8 Å². The molecule has 1 aliphatic heterocycles. The Morgan fingerprint density at radius 2 is 2.17 bits per heavy atom. The second-order valence-corrected chi connectivity index (χ2v) is 4.56. The van der Waals surface area contributed by atoms with Gasteiger partial charge in [-0.05, 0) is 19.1 Å². The van der Waals surface area contributed by atoms with Gasteiger partial charge in [-0.2, -0.15) is 0 Å². The van der Waals surface area contributed by atoms with E-state index in [1.807, 2.05) is 13.0 Å². The molecule has 4 heteroatoms. The molecule has 2 heterocycles. The van der Waals surface area contributed by atoms with Crippen molar-refractivity contribution in [3.63, 3.8) is 0 Å². The molecule has 0 fully saturated rings. The molecule has 3 rings (SSSR count). The molecule has 3 nitrogen and oxygen atoms in total. The van der Waals surface area contributed by atoms with E-state index < -0.39 is 0 Å². The normalized spacial score (nSPS) is 14.3. The maximum absolute atomic E-state index is 13.9. The predicted octanol–water partition coefficient (Wildman–Crippen LogP) is 2.24. The number of hydrogen-bond acceptors (Lipinski definition) is 3. The Morgan fingerprint density at radius 3 is 3.06 bits per heavy atom. The van der Waals surface area contributed by atoms with Gasteiger partial charge in [0.15, 0.2) is 0 Å². The van der Waals surface area contributed by atoms with Crippen LogP contribution in [-0.2, 0) is 13.0 Å². The third-order valence-corrected chi connectivity index (χ3v) is 3.25. The quantitative estimate of drug-likeness (QED) is 0.834. The molecule has 0 unspecified atom stereocenters. The largest absolute Gasteiger partial charge is 0.312 e. The Morgan fingerprint density at radius 1 is 1.28 bits per heavy atom. The number of hydrogen-bond donors (Lipinski definition) is 1.